The molecule has 0 aromatic rings. The molecule has 1 fully saturated rings. The Morgan fingerprint density at radius 3 is 2.57 bits per heavy atom. The van der Waals surface area contributed by atoms with Gasteiger partial charge in [0.15, 0.2) is 6.29 Å². The SMILES string of the molecule is COC(OC)C(O)C1CCCCCN1. The van der Waals surface area contributed by atoms with E-state index in [9.17, 15) is 5.11 Å². The largest absolute Gasteiger partial charge is 0.386 e. The van der Waals surface area contributed by atoms with Crippen molar-refractivity contribution in [1.29, 1.82) is 0 Å². The summed E-state index contributed by atoms with van der Waals surface area (Å²) in [6, 6.07) is 0.0994. The summed E-state index contributed by atoms with van der Waals surface area (Å²) in [6.07, 6.45) is 3.47. The minimum atomic E-state index is -0.580. The van der Waals surface area contributed by atoms with Gasteiger partial charge in [-0.3, -0.25) is 0 Å². The normalized spacial score (nSPS) is 26.1. The van der Waals surface area contributed by atoms with Crippen molar-refractivity contribution >= 4 is 0 Å². The first-order chi connectivity index (χ1) is 6.79. The molecule has 1 heterocycles. The molecule has 2 N–H and O–H groups in total. The Morgan fingerprint density at radius 2 is 1.93 bits per heavy atom. The number of ether oxygens (including phenoxy) is 2. The topological polar surface area (TPSA) is 50.7 Å². The Labute approximate surface area is 85.6 Å². The van der Waals surface area contributed by atoms with Crippen LogP contribution in [0.3, 0.4) is 0 Å². The van der Waals surface area contributed by atoms with Crippen LogP contribution >= 0.6 is 0 Å². The average molecular weight is 203 g/mol. The van der Waals surface area contributed by atoms with Gasteiger partial charge in [-0.1, -0.05) is 12.8 Å². The van der Waals surface area contributed by atoms with Crippen molar-refractivity contribution in [2.75, 3.05) is 20.8 Å². The van der Waals surface area contributed by atoms with Gasteiger partial charge in [0.05, 0.1) is 0 Å². The van der Waals surface area contributed by atoms with Crippen LogP contribution in [0, 0.1) is 0 Å². The first kappa shape index (κ1) is 11.9. The fourth-order valence-electron chi connectivity index (χ4n) is 1.91. The maximum atomic E-state index is 9.95. The molecule has 0 amide bonds. The highest BCUT2D eigenvalue weighted by atomic mass is 16.7. The van der Waals surface area contributed by atoms with E-state index < -0.39 is 12.4 Å². The molecule has 0 aromatic heterocycles. The Morgan fingerprint density at radius 1 is 1.21 bits per heavy atom. The summed E-state index contributed by atoms with van der Waals surface area (Å²) < 4.78 is 10.1. The lowest BCUT2D eigenvalue weighted by Crippen LogP contribution is -2.47. The molecule has 0 bridgehead atoms. The van der Waals surface area contributed by atoms with E-state index in [4.69, 9.17) is 9.47 Å². The van der Waals surface area contributed by atoms with Crippen molar-refractivity contribution in [3.8, 4) is 0 Å². The number of rotatable bonds is 4. The Kier molecular flexibility index (Phi) is 5.40. The molecule has 4 heteroatoms. The van der Waals surface area contributed by atoms with E-state index in [-0.39, 0.29) is 6.04 Å². The van der Waals surface area contributed by atoms with Gasteiger partial charge < -0.3 is 19.9 Å². The molecule has 1 aliphatic heterocycles. The van der Waals surface area contributed by atoms with E-state index in [1.165, 1.54) is 12.8 Å². The summed E-state index contributed by atoms with van der Waals surface area (Å²) in [6.45, 7) is 0.974. The maximum Gasteiger partial charge on any atom is 0.184 e. The number of hydrogen-bond donors (Lipinski definition) is 2. The lowest BCUT2D eigenvalue weighted by atomic mass is 10.1. The van der Waals surface area contributed by atoms with Crippen molar-refractivity contribution < 1.29 is 14.6 Å². The molecular formula is C10H21NO3. The van der Waals surface area contributed by atoms with Crippen LogP contribution in [0.1, 0.15) is 25.7 Å². The van der Waals surface area contributed by atoms with Gasteiger partial charge in [0, 0.05) is 20.3 Å². The summed E-state index contributed by atoms with van der Waals surface area (Å²) in [5, 5.41) is 13.3. The zero-order valence-electron chi connectivity index (χ0n) is 9.03. The quantitative estimate of drug-likeness (QED) is 0.653. The van der Waals surface area contributed by atoms with Gasteiger partial charge in [0.1, 0.15) is 6.10 Å². The summed E-state index contributed by atoms with van der Waals surface area (Å²) in [4.78, 5) is 0. The zero-order valence-corrected chi connectivity index (χ0v) is 9.03. The highest BCUT2D eigenvalue weighted by Crippen LogP contribution is 2.14. The van der Waals surface area contributed by atoms with Crippen LogP contribution < -0.4 is 5.32 Å². The molecule has 4 nitrogen and oxygen atoms in total. The number of aliphatic hydroxyl groups is 1. The first-order valence-corrected chi connectivity index (χ1v) is 5.26. The predicted octanol–water partition coefficient (Wildman–Crippen LogP) is 0.498. The molecule has 0 aliphatic carbocycles. The van der Waals surface area contributed by atoms with E-state index >= 15 is 0 Å². The number of hydrogen-bond acceptors (Lipinski definition) is 4. The summed E-state index contributed by atoms with van der Waals surface area (Å²) in [5.74, 6) is 0. The van der Waals surface area contributed by atoms with E-state index in [2.05, 4.69) is 5.32 Å². The number of nitrogens with one attached hydrogen (secondary N) is 1. The third-order valence-electron chi connectivity index (χ3n) is 2.75. The Balaban J connectivity index is 2.43. The third-order valence-corrected chi connectivity index (χ3v) is 2.75. The molecular weight excluding hydrogens is 182 g/mol. The van der Waals surface area contributed by atoms with Crippen LogP contribution in [0.5, 0.6) is 0 Å². The molecule has 2 atom stereocenters. The molecule has 14 heavy (non-hydrogen) atoms. The Hall–Kier alpha value is -0.160. The van der Waals surface area contributed by atoms with Crippen molar-refractivity contribution in [1.82, 2.24) is 5.32 Å². The van der Waals surface area contributed by atoms with E-state index in [1.54, 1.807) is 14.2 Å². The van der Waals surface area contributed by atoms with Gasteiger partial charge in [0.2, 0.25) is 0 Å². The van der Waals surface area contributed by atoms with Crippen molar-refractivity contribution in [3.63, 3.8) is 0 Å². The molecule has 1 saturated heterocycles. The minimum absolute atomic E-state index is 0.0994. The molecule has 0 radical (unpaired) electrons. The second kappa shape index (κ2) is 6.35. The molecule has 0 saturated carbocycles. The Bertz CT molecular complexity index is 142. The van der Waals surface area contributed by atoms with E-state index in [0.29, 0.717) is 0 Å². The zero-order chi connectivity index (χ0) is 10.4. The van der Waals surface area contributed by atoms with Crippen LogP contribution in [-0.4, -0.2) is 44.3 Å². The van der Waals surface area contributed by atoms with Crippen molar-refractivity contribution in [2.45, 2.75) is 44.1 Å². The molecule has 0 aromatic carbocycles. The molecule has 2 unspecified atom stereocenters. The van der Waals surface area contributed by atoms with Gasteiger partial charge in [-0.15, -0.1) is 0 Å². The molecule has 1 aliphatic rings. The smallest absolute Gasteiger partial charge is 0.184 e. The average Bonchev–Trinajstić information content (AvgIpc) is 2.47. The van der Waals surface area contributed by atoms with Gasteiger partial charge in [-0.25, -0.2) is 0 Å². The first-order valence-electron chi connectivity index (χ1n) is 5.26. The standard InChI is InChI=1S/C10H21NO3/c1-13-10(14-2)9(12)8-6-4-3-5-7-11-8/h8-12H,3-7H2,1-2H3. The lowest BCUT2D eigenvalue weighted by Gasteiger charge is -2.27. The van der Waals surface area contributed by atoms with Gasteiger partial charge >= 0.3 is 0 Å². The second-order valence-electron chi connectivity index (χ2n) is 3.74. The minimum Gasteiger partial charge on any atom is -0.386 e. The van der Waals surface area contributed by atoms with Crippen molar-refractivity contribution in [2.24, 2.45) is 0 Å². The van der Waals surface area contributed by atoms with E-state index in [1.807, 2.05) is 0 Å². The van der Waals surface area contributed by atoms with Crippen LogP contribution in [0.2, 0.25) is 0 Å². The third kappa shape index (κ3) is 3.20. The number of aliphatic hydroxyl groups excluding tert-OH is 1. The van der Waals surface area contributed by atoms with Crippen molar-refractivity contribution in [3.05, 3.63) is 0 Å². The monoisotopic (exact) mass is 203 g/mol. The second-order valence-corrected chi connectivity index (χ2v) is 3.74. The maximum absolute atomic E-state index is 9.95. The van der Waals surface area contributed by atoms with Gasteiger partial charge in [-0.05, 0) is 19.4 Å². The van der Waals surface area contributed by atoms with Crippen LogP contribution in [-0.2, 0) is 9.47 Å². The fraction of sp³-hybridized carbons (Fsp3) is 1.00. The van der Waals surface area contributed by atoms with Gasteiger partial charge in [0.25, 0.3) is 0 Å². The lowest BCUT2D eigenvalue weighted by molar-refractivity contribution is -0.172. The summed E-state index contributed by atoms with van der Waals surface area (Å²) in [5.41, 5.74) is 0. The number of methoxy groups -OCH3 is 2. The van der Waals surface area contributed by atoms with Crippen LogP contribution in [0.25, 0.3) is 0 Å². The highest BCUT2D eigenvalue weighted by Gasteiger charge is 2.27. The molecule has 84 valence electrons. The van der Waals surface area contributed by atoms with Crippen LogP contribution in [0.15, 0.2) is 0 Å². The highest BCUT2D eigenvalue weighted by molar-refractivity contribution is 4.80. The molecule has 1 rings (SSSR count). The summed E-state index contributed by atoms with van der Waals surface area (Å²) >= 11 is 0. The predicted molar refractivity (Wildman–Crippen MR) is 54.1 cm³/mol. The fourth-order valence-corrected chi connectivity index (χ4v) is 1.91. The summed E-state index contributed by atoms with van der Waals surface area (Å²) in [7, 11) is 3.10. The van der Waals surface area contributed by atoms with Gasteiger partial charge in [-0.2, -0.15) is 0 Å². The molecule has 0 spiro atoms. The van der Waals surface area contributed by atoms with Crippen LogP contribution in [0.4, 0.5) is 0 Å². The van der Waals surface area contributed by atoms with E-state index in [0.717, 1.165) is 19.4 Å².